The van der Waals surface area contributed by atoms with E-state index >= 15 is 0 Å². The van der Waals surface area contributed by atoms with Gasteiger partial charge in [0.15, 0.2) is 0 Å². The lowest BCUT2D eigenvalue weighted by Gasteiger charge is -2.33. The molecule has 1 fully saturated rings. The van der Waals surface area contributed by atoms with Crippen LogP contribution >= 0.6 is 11.6 Å². The van der Waals surface area contributed by atoms with Crippen LogP contribution in [0.25, 0.3) is 0 Å². The highest BCUT2D eigenvalue weighted by atomic mass is 35.5. The fourth-order valence-corrected chi connectivity index (χ4v) is 4.07. The topological polar surface area (TPSA) is 73.9 Å². The SMILES string of the molecule is CN(C(=O)c1ccc(Cl)cc1)c1ccc(NC(=O)NCC2CN(Cc3ccccc3)CCO2)cc1. The van der Waals surface area contributed by atoms with Crippen LogP contribution in [0, 0.1) is 0 Å². The van der Waals surface area contributed by atoms with Gasteiger partial charge in [-0.1, -0.05) is 41.9 Å². The number of halogens is 1. The van der Waals surface area contributed by atoms with E-state index in [0.29, 0.717) is 35.1 Å². The van der Waals surface area contributed by atoms with Gasteiger partial charge < -0.3 is 20.3 Å². The molecule has 3 aromatic rings. The van der Waals surface area contributed by atoms with Gasteiger partial charge in [0, 0.05) is 55.2 Å². The Bertz CT molecular complexity index is 1120. The first kappa shape index (κ1) is 24.7. The molecule has 1 heterocycles. The smallest absolute Gasteiger partial charge is 0.319 e. The molecule has 7 nitrogen and oxygen atoms in total. The molecule has 8 heteroatoms. The number of amides is 3. The van der Waals surface area contributed by atoms with Gasteiger partial charge in [-0.15, -0.1) is 0 Å². The summed E-state index contributed by atoms with van der Waals surface area (Å²) in [6.45, 7) is 3.57. The second-order valence-corrected chi connectivity index (χ2v) is 8.90. The minimum atomic E-state index is -0.299. The molecule has 0 spiro atoms. The Morgan fingerprint density at radius 3 is 2.46 bits per heavy atom. The predicted octanol–water partition coefficient (Wildman–Crippen LogP) is 4.64. The average Bonchev–Trinajstić information content (AvgIpc) is 2.88. The summed E-state index contributed by atoms with van der Waals surface area (Å²) in [7, 11) is 1.71. The van der Waals surface area contributed by atoms with Crippen LogP contribution in [0.1, 0.15) is 15.9 Å². The second kappa shape index (κ2) is 11.8. The van der Waals surface area contributed by atoms with Gasteiger partial charge in [-0.3, -0.25) is 9.69 Å². The molecule has 1 aliphatic rings. The lowest BCUT2D eigenvalue weighted by molar-refractivity contribution is -0.0285. The Morgan fingerprint density at radius 2 is 1.74 bits per heavy atom. The van der Waals surface area contributed by atoms with Crippen molar-refractivity contribution in [3.8, 4) is 0 Å². The number of anilines is 2. The van der Waals surface area contributed by atoms with Crippen LogP contribution in [-0.4, -0.2) is 56.2 Å². The molecule has 0 saturated carbocycles. The highest BCUT2D eigenvalue weighted by Gasteiger charge is 2.21. The Balaban J connectivity index is 1.24. The van der Waals surface area contributed by atoms with Crippen molar-refractivity contribution < 1.29 is 14.3 Å². The lowest BCUT2D eigenvalue weighted by Crippen LogP contribution is -2.47. The molecule has 182 valence electrons. The van der Waals surface area contributed by atoms with E-state index in [0.717, 1.165) is 19.6 Å². The van der Waals surface area contributed by atoms with E-state index in [1.807, 2.05) is 18.2 Å². The highest BCUT2D eigenvalue weighted by molar-refractivity contribution is 6.30. The maximum atomic E-state index is 12.7. The number of hydrogen-bond donors (Lipinski definition) is 2. The van der Waals surface area contributed by atoms with Gasteiger partial charge in [0.2, 0.25) is 0 Å². The standard InChI is InChI=1S/C27H29ClN4O3/c1-31(26(33)21-7-9-22(28)10-8-21)24-13-11-23(12-14-24)30-27(34)29-17-25-19-32(15-16-35-25)18-20-5-3-2-4-6-20/h2-14,25H,15-19H2,1H3,(H2,29,30,34). The number of carbonyl (C=O) groups is 2. The molecule has 35 heavy (non-hydrogen) atoms. The molecule has 1 unspecified atom stereocenters. The van der Waals surface area contributed by atoms with Gasteiger partial charge >= 0.3 is 6.03 Å². The summed E-state index contributed by atoms with van der Waals surface area (Å²) in [5, 5.41) is 6.30. The normalized spacial score (nSPS) is 15.9. The van der Waals surface area contributed by atoms with Crippen LogP contribution in [0.3, 0.4) is 0 Å². The van der Waals surface area contributed by atoms with Crippen molar-refractivity contribution >= 4 is 34.9 Å². The van der Waals surface area contributed by atoms with Crippen LogP contribution < -0.4 is 15.5 Å². The molecule has 1 aliphatic heterocycles. The number of urea groups is 1. The van der Waals surface area contributed by atoms with Gasteiger partial charge in [0.1, 0.15) is 0 Å². The van der Waals surface area contributed by atoms with Gasteiger partial charge in [-0.05, 0) is 54.1 Å². The molecule has 0 aliphatic carbocycles. The number of carbonyl (C=O) groups excluding carboxylic acids is 2. The van der Waals surface area contributed by atoms with Crippen LogP contribution in [0.5, 0.6) is 0 Å². The number of ether oxygens (including phenoxy) is 1. The van der Waals surface area contributed by atoms with Gasteiger partial charge in [0.05, 0.1) is 12.7 Å². The molecular formula is C27H29ClN4O3. The van der Waals surface area contributed by atoms with Crippen molar-refractivity contribution in [2.24, 2.45) is 0 Å². The average molecular weight is 493 g/mol. The Labute approximate surface area is 210 Å². The summed E-state index contributed by atoms with van der Waals surface area (Å²) in [5.74, 6) is -0.145. The number of hydrogen-bond acceptors (Lipinski definition) is 4. The first-order valence-corrected chi connectivity index (χ1v) is 11.9. The minimum Gasteiger partial charge on any atom is -0.374 e. The van der Waals surface area contributed by atoms with E-state index in [9.17, 15) is 9.59 Å². The van der Waals surface area contributed by atoms with Gasteiger partial charge in [-0.2, -0.15) is 0 Å². The van der Waals surface area contributed by atoms with E-state index in [-0.39, 0.29) is 18.0 Å². The zero-order valence-corrected chi connectivity index (χ0v) is 20.4. The molecule has 1 saturated heterocycles. The summed E-state index contributed by atoms with van der Waals surface area (Å²) in [4.78, 5) is 29.0. The summed E-state index contributed by atoms with van der Waals surface area (Å²) >= 11 is 5.90. The number of nitrogens with zero attached hydrogens (tertiary/aromatic N) is 2. The zero-order valence-electron chi connectivity index (χ0n) is 19.6. The molecule has 0 bridgehead atoms. The molecule has 1 atom stereocenters. The fourth-order valence-electron chi connectivity index (χ4n) is 3.94. The highest BCUT2D eigenvalue weighted by Crippen LogP contribution is 2.20. The lowest BCUT2D eigenvalue weighted by atomic mass is 10.2. The first-order chi connectivity index (χ1) is 17.0. The number of rotatable bonds is 7. The minimum absolute atomic E-state index is 0.0619. The van der Waals surface area contributed by atoms with Crippen molar-refractivity contribution in [2.75, 3.05) is 43.5 Å². The third-order valence-corrected chi connectivity index (χ3v) is 6.12. The summed E-state index contributed by atoms with van der Waals surface area (Å²) in [6, 6.07) is 23.9. The van der Waals surface area contributed by atoms with Crippen molar-refractivity contribution in [1.82, 2.24) is 10.2 Å². The van der Waals surface area contributed by atoms with Crippen molar-refractivity contribution in [1.29, 1.82) is 0 Å². The van der Waals surface area contributed by atoms with Crippen LogP contribution in [0.4, 0.5) is 16.2 Å². The van der Waals surface area contributed by atoms with E-state index in [4.69, 9.17) is 16.3 Å². The van der Waals surface area contributed by atoms with Crippen LogP contribution in [0.15, 0.2) is 78.9 Å². The number of benzene rings is 3. The maximum absolute atomic E-state index is 12.7. The van der Waals surface area contributed by atoms with Crippen LogP contribution in [0.2, 0.25) is 5.02 Å². The summed E-state index contributed by atoms with van der Waals surface area (Å²) in [6.07, 6.45) is -0.0619. The molecule has 3 aromatic carbocycles. The molecule has 2 N–H and O–H groups in total. The van der Waals surface area contributed by atoms with E-state index in [1.54, 1.807) is 60.5 Å². The Morgan fingerprint density at radius 1 is 1.03 bits per heavy atom. The second-order valence-electron chi connectivity index (χ2n) is 8.47. The fraction of sp³-hybridized carbons (Fsp3) is 0.259. The molecule has 0 aromatic heterocycles. The van der Waals surface area contributed by atoms with E-state index < -0.39 is 0 Å². The largest absolute Gasteiger partial charge is 0.374 e. The van der Waals surface area contributed by atoms with Gasteiger partial charge in [-0.25, -0.2) is 4.79 Å². The van der Waals surface area contributed by atoms with Crippen LogP contribution in [-0.2, 0) is 11.3 Å². The number of morpholine rings is 1. The summed E-state index contributed by atoms with van der Waals surface area (Å²) in [5.41, 5.74) is 3.16. The van der Waals surface area contributed by atoms with Crippen molar-refractivity contribution in [2.45, 2.75) is 12.6 Å². The quantitative estimate of drug-likeness (QED) is 0.504. The Kier molecular flexibility index (Phi) is 8.36. The first-order valence-electron chi connectivity index (χ1n) is 11.5. The third-order valence-electron chi connectivity index (χ3n) is 5.87. The zero-order chi connectivity index (χ0) is 24.6. The van der Waals surface area contributed by atoms with Gasteiger partial charge in [0.25, 0.3) is 5.91 Å². The summed E-state index contributed by atoms with van der Waals surface area (Å²) < 4.78 is 5.83. The molecule has 4 rings (SSSR count). The van der Waals surface area contributed by atoms with E-state index in [2.05, 4.69) is 27.7 Å². The molecular weight excluding hydrogens is 464 g/mol. The van der Waals surface area contributed by atoms with E-state index in [1.165, 1.54) is 5.56 Å². The molecule has 3 amide bonds. The van der Waals surface area contributed by atoms with Crippen molar-refractivity contribution in [3.63, 3.8) is 0 Å². The Hall–Kier alpha value is -3.39. The predicted molar refractivity (Wildman–Crippen MR) is 139 cm³/mol. The number of nitrogens with one attached hydrogen (secondary N) is 2. The monoisotopic (exact) mass is 492 g/mol. The molecule has 0 radical (unpaired) electrons. The maximum Gasteiger partial charge on any atom is 0.319 e. The van der Waals surface area contributed by atoms with Crippen molar-refractivity contribution in [3.05, 3.63) is 95.0 Å². The third kappa shape index (κ3) is 7.05.